The van der Waals surface area contributed by atoms with Gasteiger partial charge in [-0.3, -0.25) is 9.36 Å². The molecule has 0 aliphatic heterocycles. The van der Waals surface area contributed by atoms with Crippen molar-refractivity contribution < 1.29 is 4.42 Å². The fourth-order valence-electron chi connectivity index (χ4n) is 2.31. The molecule has 3 heterocycles. The van der Waals surface area contributed by atoms with Crippen molar-refractivity contribution in [3.8, 4) is 10.8 Å². The van der Waals surface area contributed by atoms with Crippen LogP contribution in [-0.2, 0) is 6.54 Å². The topological polar surface area (TPSA) is 60.9 Å². The molecule has 114 valence electrons. The van der Waals surface area contributed by atoms with Gasteiger partial charge in [0.1, 0.15) is 6.26 Å². The highest BCUT2D eigenvalue weighted by Gasteiger charge is 2.10. The molecule has 0 saturated heterocycles. The van der Waals surface area contributed by atoms with E-state index in [1.807, 2.05) is 29.6 Å². The third kappa shape index (κ3) is 2.73. The molecule has 23 heavy (non-hydrogen) atoms. The van der Waals surface area contributed by atoms with E-state index in [1.165, 1.54) is 10.9 Å². The average molecular weight is 388 g/mol. The SMILES string of the molecule is O=c1c2cc(Br)ccc2ncn1Cc1coc(-c2cccs2)n1. The summed E-state index contributed by atoms with van der Waals surface area (Å²) in [5.74, 6) is 0.569. The third-order valence-electron chi connectivity index (χ3n) is 3.40. The van der Waals surface area contributed by atoms with Crippen molar-refractivity contribution in [2.24, 2.45) is 0 Å². The lowest BCUT2D eigenvalue weighted by atomic mass is 10.2. The molecule has 0 aliphatic rings. The Hall–Kier alpha value is -2.25. The Morgan fingerprint density at radius 1 is 1.30 bits per heavy atom. The van der Waals surface area contributed by atoms with Crippen LogP contribution in [0.1, 0.15) is 5.69 Å². The molecular formula is C16H10BrN3O2S. The molecule has 0 spiro atoms. The van der Waals surface area contributed by atoms with Gasteiger partial charge in [0.2, 0.25) is 5.89 Å². The van der Waals surface area contributed by atoms with Crippen LogP contribution in [0.25, 0.3) is 21.7 Å². The maximum atomic E-state index is 12.6. The number of aromatic nitrogens is 3. The molecule has 0 radical (unpaired) electrons. The van der Waals surface area contributed by atoms with E-state index >= 15 is 0 Å². The fourth-order valence-corrected chi connectivity index (χ4v) is 3.33. The van der Waals surface area contributed by atoms with Crippen molar-refractivity contribution in [3.05, 3.63) is 68.8 Å². The smallest absolute Gasteiger partial charge is 0.261 e. The zero-order chi connectivity index (χ0) is 15.8. The summed E-state index contributed by atoms with van der Waals surface area (Å²) in [6.45, 7) is 0.323. The van der Waals surface area contributed by atoms with Gasteiger partial charge in [0.15, 0.2) is 0 Å². The molecule has 4 aromatic rings. The van der Waals surface area contributed by atoms with E-state index in [2.05, 4.69) is 25.9 Å². The summed E-state index contributed by atoms with van der Waals surface area (Å²) in [6.07, 6.45) is 3.12. The number of hydrogen-bond donors (Lipinski definition) is 0. The lowest BCUT2D eigenvalue weighted by molar-refractivity contribution is 0.572. The van der Waals surface area contributed by atoms with Crippen molar-refractivity contribution in [1.82, 2.24) is 14.5 Å². The van der Waals surface area contributed by atoms with E-state index in [0.717, 1.165) is 9.35 Å². The van der Waals surface area contributed by atoms with E-state index in [0.29, 0.717) is 29.0 Å². The molecule has 0 atom stereocenters. The van der Waals surface area contributed by atoms with Crippen molar-refractivity contribution >= 4 is 38.2 Å². The predicted molar refractivity (Wildman–Crippen MR) is 92.6 cm³/mol. The molecule has 0 aliphatic carbocycles. The van der Waals surface area contributed by atoms with Crippen molar-refractivity contribution in [3.63, 3.8) is 0 Å². The van der Waals surface area contributed by atoms with Gasteiger partial charge in [0, 0.05) is 4.47 Å². The summed E-state index contributed by atoms with van der Waals surface area (Å²) in [5, 5.41) is 2.54. The molecule has 0 amide bonds. The van der Waals surface area contributed by atoms with E-state index < -0.39 is 0 Å². The summed E-state index contributed by atoms with van der Waals surface area (Å²) in [7, 11) is 0. The highest BCUT2D eigenvalue weighted by molar-refractivity contribution is 9.10. The number of nitrogens with zero attached hydrogens (tertiary/aromatic N) is 3. The van der Waals surface area contributed by atoms with Crippen LogP contribution in [0, 0.1) is 0 Å². The molecule has 0 bridgehead atoms. The normalized spacial score (nSPS) is 11.2. The standard InChI is InChI=1S/C16H10BrN3O2S/c17-10-3-4-13-12(6-10)16(21)20(9-18-13)7-11-8-22-15(19-11)14-2-1-5-23-14/h1-6,8-9H,7H2. The van der Waals surface area contributed by atoms with Crippen LogP contribution in [-0.4, -0.2) is 14.5 Å². The van der Waals surface area contributed by atoms with Crippen molar-refractivity contribution in [1.29, 1.82) is 0 Å². The highest BCUT2D eigenvalue weighted by Crippen LogP contribution is 2.23. The third-order valence-corrected chi connectivity index (χ3v) is 4.75. The summed E-state index contributed by atoms with van der Waals surface area (Å²) in [5.41, 5.74) is 1.26. The van der Waals surface area contributed by atoms with Crippen LogP contribution >= 0.6 is 27.3 Å². The van der Waals surface area contributed by atoms with E-state index in [1.54, 1.807) is 23.7 Å². The summed E-state index contributed by atoms with van der Waals surface area (Å²) >= 11 is 4.94. The van der Waals surface area contributed by atoms with Gasteiger partial charge < -0.3 is 4.42 Å². The lowest BCUT2D eigenvalue weighted by Crippen LogP contribution is -2.21. The van der Waals surface area contributed by atoms with E-state index in [-0.39, 0.29) is 5.56 Å². The predicted octanol–water partition coefficient (Wildman–Crippen LogP) is 3.92. The van der Waals surface area contributed by atoms with Crippen molar-refractivity contribution in [2.75, 3.05) is 0 Å². The minimum atomic E-state index is -0.100. The second-order valence-electron chi connectivity index (χ2n) is 4.96. The Bertz CT molecular complexity index is 1040. The zero-order valence-electron chi connectivity index (χ0n) is 11.8. The number of benzene rings is 1. The summed E-state index contributed by atoms with van der Waals surface area (Å²) in [6, 6.07) is 9.35. The molecule has 7 heteroatoms. The first-order valence-corrected chi connectivity index (χ1v) is 8.51. The molecule has 0 fully saturated rings. The maximum Gasteiger partial charge on any atom is 0.261 e. The van der Waals surface area contributed by atoms with E-state index in [9.17, 15) is 4.79 Å². The van der Waals surface area contributed by atoms with Crippen molar-refractivity contribution in [2.45, 2.75) is 6.54 Å². The molecule has 0 unspecified atom stereocenters. The van der Waals surface area contributed by atoms with Gasteiger partial charge >= 0.3 is 0 Å². The van der Waals surface area contributed by atoms with Crippen LogP contribution in [0.15, 0.2) is 62.0 Å². The quantitative estimate of drug-likeness (QED) is 0.534. The molecular weight excluding hydrogens is 378 g/mol. The van der Waals surface area contributed by atoms with Crippen LogP contribution in [0.4, 0.5) is 0 Å². The molecule has 1 aromatic carbocycles. The average Bonchev–Trinajstić information content (AvgIpc) is 3.22. The first-order valence-electron chi connectivity index (χ1n) is 6.84. The minimum Gasteiger partial charge on any atom is -0.443 e. The minimum absolute atomic E-state index is 0.100. The first kappa shape index (κ1) is 14.3. The van der Waals surface area contributed by atoms with Gasteiger partial charge in [-0.15, -0.1) is 11.3 Å². The first-order chi connectivity index (χ1) is 11.2. The van der Waals surface area contributed by atoms with Gasteiger partial charge in [-0.2, -0.15) is 0 Å². The van der Waals surface area contributed by atoms with E-state index in [4.69, 9.17) is 4.42 Å². The number of fused-ring (bicyclic) bond motifs is 1. The monoisotopic (exact) mass is 387 g/mol. The second kappa shape index (κ2) is 5.75. The van der Waals surface area contributed by atoms with Gasteiger partial charge in [0.05, 0.1) is 34.3 Å². The van der Waals surface area contributed by atoms with Gasteiger partial charge in [-0.1, -0.05) is 22.0 Å². The molecule has 0 saturated carbocycles. The summed E-state index contributed by atoms with van der Waals surface area (Å²) in [4.78, 5) is 22.3. The second-order valence-corrected chi connectivity index (χ2v) is 6.82. The Labute approximate surface area is 143 Å². The number of rotatable bonds is 3. The van der Waals surface area contributed by atoms with Crippen LogP contribution in [0.5, 0.6) is 0 Å². The fraction of sp³-hybridized carbons (Fsp3) is 0.0625. The van der Waals surface area contributed by atoms with Gasteiger partial charge in [-0.05, 0) is 29.6 Å². The Morgan fingerprint density at radius 2 is 2.22 bits per heavy atom. The number of hydrogen-bond acceptors (Lipinski definition) is 5. The maximum absolute atomic E-state index is 12.6. The molecule has 0 N–H and O–H groups in total. The van der Waals surface area contributed by atoms with Crippen LogP contribution < -0.4 is 5.56 Å². The van der Waals surface area contributed by atoms with Gasteiger partial charge in [0.25, 0.3) is 5.56 Å². The lowest BCUT2D eigenvalue weighted by Gasteiger charge is -2.04. The number of halogens is 1. The summed E-state index contributed by atoms with van der Waals surface area (Å²) < 4.78 is 7.87. The highest BCUT2D eigenvalue weighted by atomic mass is 79.9. The van der Waals surface area contributed by atoms with Gasteiger partial charge in [-0.25, -0.2) is 9.97 Å². The molecule has 5 nitrogen and oxygen atoms in total. The van der Waals surface area contributed by atoms with Crippen LogP contribution in [0.3, 0.4) is 0 Å². The zero-order valence-corrected chi connectivity index (χ0v) is 14.2. The largest absolute Gasteiger partial charge is 0.443 e. The van der Waals surface area contributed by atoms with Crippen LogP contribution in [0.2, 0.25) is 0 Å². The Balaban J connectivity index is 1.70. The molecule has 3 aromatic heterocycles. The number of oxazole rings is 1. The Kier molecular flexibility index (Phi) is 3.59. The number of thiophene rings is 1. The Morgan fingerprint density at radius 3 is 3.04 bits per heavy atom. The molecule has 4 rings (SSSR count).